The summed E-state index contributed by atoms with van der Waals surface area (Å²) in [6, 6.07) is 18.0. The van der Waals surface area contributed by atoms with Gasteiger partial charge in [-0.2, -0.15) is 0 Å². The Kier molecular flexibility index (Phi) is 6.09. The van der Waals surface area contributed by atoms with Crippen molar-refractivity contribution < 1.29 is 4.74 Å². The molecule has 2 aromatic carbocycles. The highest BCUT2D eigenvalue weighted by molar-refractivity contribution is 5.64. The summed E-state index contributed by atoms with van der Waals surface area (Å²) in [6.45, 7) is 2.99. The van der Waals surface area contributed by atoms with Gasteiger partial charge in [0.15, 0.2) is 0 Å². The lowest BCUT2D eigenvalue weighted by atomic mass is 9.77. The van der Waals surface area contributed by atoms with Gasteiger partial charge in [-0.15, -0.1) is 0 Å². The van der Waals surface area contributed by atoms with Crippen molar-refractivity contribution in [3.63, 3.8) is 0 Å². The number of hydrogen-bond donors (Lipinski definition) is 0. The monoisotopic (exact) mass is 322 g/mol. The molecule has 0 atom stereocenters. The van der Waals surface area contributed by atoms with E-state index in [1.165, 1.54) is 60.8 Å². The first-order chi connectivity index (χ1) is 11.8. The zero-order valence-corrected chi connectivity index (χ0v) is 15.1. The fourth-order valence-electron chi connectivity index (χ4n) is 4.10. The maximum Gasteiger partial charge on any atom is 0.0713 e. The molecule has 0 heterocycles. The van der Waals surface area contributed by atoms with Crippen molar-refractivity contribution in [3.05, 3.63) is 59.7 Å². The van der Waals surface area contributed by atoms with Gasteiger partial charge in [0.25, 0.3) is 0 Å². The van der Waals surface area contributed by atoms with E-state index in [0.29, 0.717) is 6.61 Å². The van der Waals surface area contributed by atoms with Crippen LogP contribution in [0.2, 0.25) is 0 Å². The lowest BCUT2D eigenvalue weighted by Gasteiger charge is -2.28. The van der Waals surface area contributed by atoms with E-state index >= 15 is 0 Å². The van der Waals surface area contributed by atoms with Crippen LogP contribution in [-0.2, 0) is 11.3 Å². The fraction of sp³-hybridized carbons (Fsp3) is 0.478. The van der Waals surface area contributed by atoms with Crippen molar-refractivity contribution in [2.75, 3.05) is 7.11 Å². The summed E-state index contributed by atoms with van der Waals surface area (Å²) in [4.78, 5) is 0. The van der Waals surface area contributed by atoms with Crippen LogP contribution in [0, 0.1) is 5.92 Å². The Bertz CT molecular complexity index is 603. The van der Waals surface area contributed by atoms with E-state index < -0.39 is 0 Å². The van der Waals surface area contributed by atoms with Crippen molar-refractivity contribution in [3.8, 4) is 11.1 Å². The van der Waals surface area contributed by atoms with Crippen LogP contribution in [0.5, 0.6) is 0 Å². The topological polar surface area (TPSA) is 9.23 Å². The minimum Gasteiger partial charge on any atom is -0.380 e. The van der Waals surface area contributed by atoms with Gasteiger partial charge in [0, 0.05) is 7.11 Å². The highest BCUT2D eigenvalue weighted by Crippen LogP contribution is 2.38. The van der Waals surface area contributed by atoms with Crippen LogP contribution >= 0.6 is 0 Å². The van der Waals surface area contributed by atoms with E-state index in [9.17, 15) is 0 Å². The van der Waals surface area contributed by atoms with Crippen LogP contribution in [0.4, 0.5) is 0 Å². The predicted octanol–water partition coefficient (Wildman–Crippen LogP) is 6.57. The smallest absolute Gasteiger partial charge is 0.0713 e. The van der Waals surface area contributed by atoms with Gasteiger partial charge >= 0.3 is 0 Å². The molecule has 1 aliphatic carbocycles. The maximum absolute atomic E-state index is 5.18. The third-order valence-corrected chi connectivity index (χ3v) is 5.52. The quantitative estimate of drug-likeness (QED) is 0.584. The zero-order valence-electron chi connectivity index (χ0n) is 15.1. The summed E-state index contributed by atoms with van der Waals surface area (Å²) >= 11 is 0. The van der Waals surface area contributed by atoms with Crippen molar-refractivity contribution in [2.45, 2.75) is 58.0 Å². The maximum atomic E-state index is 5.18. The van der Waals surface area contributed by atoms with Crippen LogP contribution < -0.4 is 0 Å². The van der Waals surface area contributed by atoms with Crippen LogP contribution in [0.15, 0.2) is 48.5 Å². The van der Waals surface area contributed by atoms with Crippen molar-refractivity contribution in [1.82, 2.24) is 0 Å². The second kappa shape index (κ2) is 8.48. The summed E-state index contributed by atoms with van der Waals surface area (Å²) in [7, 11) is 1.74. The highest BCUT2D eigenvalue weighted by atomic mass is 16.5. The second-order valence-corrected chi connectivity index (χ2v) is 7.26. The first kappa shape index (κ1) is 17.2. The Morgan fingerprint density at radius 1 is 0.833 bits per heavy atom. The van der Waals surface area contributed by atoms with Gasteiger partial charge in [-0.05, 0) is 59.8 Å². The molecule has 0 bridgehead atoms. The van der Waals surface area contributed by atoms with Gasteiger partial charge in [0.1, 0.15) is 0 Å². The molecule has 0 spiro atoms. The molecule has 0 N–H and O–H groups in total. The summed E-state index contributed by atoms with van der Waals surface area (Å²) < 4.78 is 5.18. The number of ether oxygens (including phenoxy) is 1. The average molecular weight is 322 g/mol. The van der Waals surface area contributed by atoms with Gasteiger partial charge < -0.3 is 4.74 Å². The average Bonchev–Trinajstić information content (AvgIpc) is 2.64. The molecule has 0 radical (unpaired) electrons. The van der Waals surface area contributed by atoms with Gasteiger partial charge in [0.2, 0.25) is 0 Å². The largest absolute Gasteiger partial charge is 0.380 e. The number of hydrogen-bond acceptors (Lipinski definition) is 1. The van der Waals surface area contributed by atoms with E-state index in [1.807, 2.05) is 0 Å². The standard InChI is InChI=1S/C23H30O/c1-3-4-18-5-9-20(10-6-18)22-13-15-23(16-14-22)21-11-7-19(8-12-21)17-24-2/h7-8,11-16,18,20H,3-6,9-10,17H2,1-2H3/t18-,20-. The molecule has 128 valence electrons. The molecular formula is C23H30O. The number of benzene rings is 2. The SMILES string of the molecule is CCC[C@H]1CC[C@H](c2ccc(-c3ccc(COC)cc3)cc2)CC1. The Labute approximate surface area is 147 Å². The Balaban J connectivity index is 1.63. The van der Waals surface area contributed by atoms with Crippen molar-refractivity contribution >= 4 is 0 Å². The van der Waals surface area contributed by atoms with E-state index in [-0.39, 0.29) is 0 Å². The molecule has 1 heteroatoms. The molecule has 1 nitrogen and oxygen atoms in total. The van der Waals surface area contributed by atoms with Gasteiger partial charge in [0.05, 0.1) is 6.61 Å². The first-order valence-corrected chi connectivity index (χ1v) is 9.48. The first-order valence-electron chi connectivity index (χ1n) is 9.48. The summed E-state index contributed by atoms with van der Waals surface area (Å²) in [6.07, 6.45) is 8.34. The lowest BCUT2D eigenvalue weighted by Crippen LogP contribution is -2.13. The van der Waals surface area contributed by atoms with Crippen molar-refractivity contribution in [1.29, 1.82) is 0 Å². The Morgan fingerprint density at radius 3 is 1.96 bits per heavy atom. The Hall–Kier alpha value is -1.60. The molecule has 0 aromatic heterocycles. The molecule has 24 heavy (non-hydrogen) atoms. The van der Waals surface area contributed by atoms with E-state index in [1.54, 1.807) is 7.11 Å². The minimum absolute atomic E-state index is 0.680. The molecule has 1 fully saturated rings. The van der Waals surface area contributed by atoms with Crippen molar-refractivity contribution in [2.24, 2.45) is 5.92 Å². The molecule has 3 rings (SSSR count). The summed E-state index contributed by atoms with van der Waals surface area (Å²) in [5.41, 5.74) is 5.35. The van der Waals surface area contributed by atoms with Crippen LogP contribution in [0.1, 0.15) is 62.5 Å². The molecule has 0 unspecified atom stereocenters. The van der Waals surface area contributed by atoms with Crippen LogP contribution in [0.3, 0.4) is 0 Å². The second-order valence-electron chi connectivity index (χ2n) is 7.26. The third kappa shape index (κ3) is 4.27. The highest BCUT2D eigenvalue weighted by Gasteiger charge is 2.21. The van der Waals surface area contributed by atoms with Gasteiger partial charge in [-0.3, -0.25) is 0 Å². The van der Waals surface area contributed by atoms with Gasteiger partial charge in [-0.1, -0.05) is 68.3 Å². The van der Waals surface area contributed by atoms with Crippen LogP contribution in [0.25, 0.3) is 11.1 Å². The summed E-state index contributed by atoms with van der Waals surface area (Å²) in [5, 5.41) is 0. The third-order valence-electron chi connectivity index (χ3n) is 5.52. The zero-order chi connectivity index (χ0) is 16.8. The minimum atomic E-state index is 0.680. The molecule has 2 aromatic rings. The van der Waals surface area contributed by atoms with E-state index in [2.05, 4.69) is 55.5 Å². The molecule has 1 saturated carbocycles. The molecule has 0 amide bonds. The molecule has 1 aliphatic rings. The lowest BCUT2D eigenvalue weighted by molar-refractivity contribution is 0.185. The van der Waals surface area contributed by atoms with Gasteiger partial charge in [-0.25, -0.2) is 0 Å². The molecule has 0 aliphatic heterocycles. The number of rotatable bonds is 6. The number of methoxy groups -OCH3 is 1. The van der Waals surface area contributed by atoms with Crippen LogP contribution in [-0.4, -0.2) is 7.11 Å². The normalized spacial score (nSPS) is 20.9. The van der Waals surface area contributed by atoms with E-state index in [0.717, 1.165) is 11.8 Å². The summed E-state index contributed by atoms with van der Waals surface area (Å²) in [5.74, 6) is 1.76. The fourth-order valence-corrected chi connectivity index (χ4v) is 4.10. The molecular weight excluding hydrogens is 292 g/mol. The Morgan fingerprint density at radius 2 is 1.42 bits per heavy atom. The molecule has 0 saturated heterocycles. The van der Waals surface area contributed by atoms with E-state index in [4.69, 9.17) is 4.74 Å². The predicted molar refractivity (Wildman–Crippen MR) is 102 cm³/mol.